The van der Waals surface area contributed by atoms with Crippen LogP contribution >= 0.6 is 15.9 Å². The summed E-state index contributed by atoms with van der Waals surface area (Å²) in [5, 5.41) is 9.12. The molecule has 0 heterocycles. The lowest BCUT2D eigenvalue weighted by Gasteiger charge is -2.24. The van der Waals surface area contributed by atoms with Gasteiger partial charge in [-0.25, -0.2) is 0 Å². The number of anilines is 1. The van der Waals surface area contributed by atoms with Gasteiger partial charge in [0.1, 0.15) is 5.75 Å². The van der Waals surface area contributed by atoms with Crippen LogP contribution < -0.4 is 9.64 Å². The summed E-state index contributed by atoms with van der Waals surface area (Å²) in [6, 6.07) is 8.29. The molecule has 0 N–H and O–H groups in total. The Hall–Kier alpha value is -1.21. The summed E-state index contributed by atoms with van der Waals surface area (Å²) in [6.45, 7) is 4.88. The van der Waals surface area contributed by atoms with Gasteiger partial charge in [-0.05, 0) is 40.0 Å². The van der Waals surface area contributed by atoms with E-state index in [1.54, 1.807) is 7.11 Å². The predicted octanol–water partition coefficient (Wildman–Crippen LogP) is 3.69. The van der Waals surface area contributed by atoms with Crippen molar-refractivity contribution >= 4 is 21.6 Å². The van der Waals surface area contributed by atoms with E-state index in [0.717, 1.165) is 22.5 Å². The number of hydrogen-bond acceptors (Lipinski definition) is 3. The first kappa shape index (κ1) is 14.8. The van der Waals surface area contributed by atoms with Crippen LogP contribution in [0.4, 0.5) is 5.69 Å². The van der Waals surface area contributed by atoms with Gasteiger partial charge >= 0.3 is 0 Å². The van der Waals surface area contributed by atoms with Gasteiger partial charge in [-0.15, -0.1) is 0 Å². The SMILES string of the molecule is COc1ccc(N(C)CC(C#N)C(C)C)cc1Br. The van der Waals surface area contributed by atoms with Crippen LogP contribution in [0.2, 0.25) is 0 Å². The topological polar surface area (TPSA) is 36.3 Å². The maximum absolute atomic E-state index is 9.12. The molecule has 0 aliphatic carbocycles. The van der Waals surface area contributed by atoms with Crippen LogP contribution in [0.1, 0.15) is 13.8 Å². The van der Waals surface area contributed by atoms with Gasteiger partial charge in [-0.3, -0.25) is 0 Å². The first-order valence-electron chi connectivity index (χ1n) is 5.94. The monoisotopic (exact) mass is 310 g/mol. The molecule has 0 aliphatic rings. The third kappa shape index (κ3) is 3.64. The number of halogens is 1. The molecule has 3 nitrogen and oxygen atoms in total. The Morgan fingerprint density at radius 3 is 2.56 bits per heavy atom. The van der Waals surface area contributed by atoms with E-state index in [1.165, 1.54) is 0 Å². The Balaban J connectivity index is 2.82. The molecule has 0 amide bonds. The molecule has 1 atom stereocenters. The second kappa shape index (κ2) is 6.65. The van der Waals surface area contributed by atoms with Crippen molar-refractivity contribution in [2.45, 2.75) is 13.8 Å². The van der Waals surface area contributed by atoms with E-state index in [0.29, 0.717) is 5.92 Å². The zero-order valence-electron chi connectivity index (χ0n) is 11.3. The van der Waals surface area contributed by atoms with Gasteiger partial charge in [0.2, 0.25) is 0 Å². The molecule has 0 aliphatic heterocycles. The van der Waals surface area contributed by atoms with E-state index in [-0.39, 0.29) is 5.92 Å². The van der Waals surface area contributed by atoms with Crippen LogP contribution in [-0.4, -0.2) is 20.7 Å². The van der Waals surface area contributed by atoms with Crippen molar-refractivity contribution in [3.05, 3.63) is 22.7 Å². The lowest BCUT2D eigenvalue weighted by Crippen LogP contribution is -2.27. The first-order valence-corrected chi connectivity index (χ1v) is 6.73. The standard InChI is InChI=1S/C14H19BrN2O/c1-10(2)11(8-16)9-17(3)12-5-6-14(18-4)13(15)7-12/h5-7,10-11H,9H2,1-4H3. The number of hydrogen-bond donors (Lipinski definition) is 0. The van der Waals surface area contributed by atoms with E-state index in [1.807, 2.05) is 25.2 Å². The van der Waals surface area contributed by atoms with Crippen molar-refractivity contribution in [2.75, 3.05) is 25.6 Å². The van der Waals surface area contributed by atoms with Crippen molar-refractivity contribution in [3.63, 3.8) is 0 Å². The molecule has 18 heavy (non-hydrogen) atoms. The van der Waals surface area contributed by atoms with E-state index in [4.69, 9.17) is 10.00 Å². The fraction of sp³-hybridized carbons (Fsp3) is 0.500. The van der Waals surface area contributed by atoms with Crippen molar-refractivity contribution < 1.29 is 4.74 Å². The van der Waals surface area contributed by atoms with Gasteiger partial charge in [-0.2, -0.15) is 5.26 Å². The number of benzene rings is 1. The summed E-state index contributed by atoms with van der Waals surface area (Å²) in [5.41, 5.74) is 1.07. The summed E-state index contributed by atoms with van der Waals surface area (Å²) in [4.78, 5) is 2.10. The minimum absolute atomic E-state index is 0.0378. The minimum Gasteiger partial charge on any atom is -0.496 e. The molecule has 1 unspecified atom stereocenters. The highest BCUT2D eigenvalue weighted by Crippen LogP contribution is 2.29. The molecule has 98 valence electrons. The third-order valence-electron chi connectivity index (χ3n) is 3.02. The Kier molecular flexibility index (Phi) is 5.49. The van der Waals surface area contributed by atoms with Crippen LogP contribution in [0.15, 0.2) is 22.7 Å². The third-order valence-corrected chi connectivity index (χ3v) is 3.64. The second-order valence-electron chi connectivity index (χ2n) is 4.68. The highest BCUT2D eigenvalue weighted by atomic mass is 79.9. The Bertz CT molecular complexity index is 440. The normalized spacial score (nSPS) is 12.1. The fourth-order valence-electron chi connectivity index (χ4n) is 1.69. The molecule has 1 aromatic carbocycles. The average molecular weight is 311 g/mol. The number of rotatable bonds is 5. The molecule has 0 saturated carbocycles. The quantitative estimate of drug-likeness (QED) is 0.832. The molecule has 0 saturated heterocycles. The van der Waals surface area contributed by atoms with Crippen LogP contribution in [0.5, 0.6) is 5.75 Å². The lowest BCUT2D eigenvalue weighted by molar-refractivity contribution is 0.412. The highest BCUT2D eigenvalue weighted by Gasteiger charge is 2.15. The Morgan fingerprint density at radius 1 is 1.44 bits per heavy atom. The average Bonchev–Trinajstić information content (AvgIpc) is 2.35. The van der Waals surface area contributed by atoms with E-state index >= 15 is 0 Å². The van der Waals surface area contributed by atoms with Gasteiger partial charge in [0.25, 0.3) is 0 Å². The van der Waals surface area contributed by atoms with Crippen molar-refractivity contribution in [1.29, 1.82) is 5.26 Å². The number of ether oxygens (including phenoxy) is 1. The molecule has 1 aromatic rings. The number of nitriles is 1. The first-order chi connectivity index (χ1) is 8.49. The molecule has 0 fully saturated rings. The lowest BCUT2D eigenvalue weighted by atomic mass is 9.97. The summed E-state index contributed by atoms with van der Waals surface area (Å²) in [7, 11) is 3.65. The Morgan fingerprint density at radius 2 is 2.11 bits per heavy atom. The maximum Gasteiger partial charge on any atom is 0.133 e. The number of nitrogens with zero attached hydrogens (tertiary/aromatic N) is 2. The molecule has 0 bridgehead atoms. The number of methoxy groups -OCH3 is 1. The largest absolute Gasteiger partial charge is 0.496 e. The highest BCUT2D eigenvalue weighted by molar-refractivity contribution is 9.10. The van der Waals surface area contributed by atoms with Gasteiger partial charge in [-0.1, -0.05) is 13.8 Å². The summed E-state index contributed by atoms with van der Waals surface area (Å²) < 4.78 is 6.13. The molecule has 4 heteroatoms. The molecular formula is C14H19BrN2O. The van der Waals surface area contributed by atoms with Crippen LogP contribution in [-0.2, 0) is 0 Å². The van der Waals surface area contributed by atoms with Gasteiger partial charge in [0.15, 0.2) is 0 Å². The molecule has 0 aromatic heterocycles. The van der Waals surface area contributed by atoms with Gasteiger partial charge in [0, 0.05) is 19.3 Å². The van der Waals surface area contributed by atoms with E-state index in [9.17, 15) is 0 Å². The van der Waals surface area contributed by atoms with Crippen molar-refractivity contribution in [2.24, 2.45) is 11.8 Å². The molecular weight excluding hydrogens is 292 g/mol. The van der Waals surface area contributed by atoms with E-state index in [2.05, 4.69) is 40.7 Å². The fourth-order valence-corrected chi connectivity index (χ4v) is 2.22. The molecule has 0 radical (unpaired) electrons. The smallest absolute Gasteiger partial charge is 0.133 e. The van der Waals surface area contributed by atoms with Crippen LogP contribution in [0.25, 0.3) is 0 Å². The zero-order chi connectivity index (χ0) is 13.7. The predicted molar refractivity (Wildman–Crippen MR) is 77.9 cm³/mol. The van der Waals surface area contributed by atoms with Crippen LogP contribution in [0, 0.1) is 23.2 Å². The zero-order valence-corrected chi connectivity index (χ0v) is 12.9. The molecule has 1 rings (SSSR count). The van der Waals surface area contributed by atoms with Crippen molar-refractivity contribution in [1.82, 2.24) is 0 Å². The maximum atomic E-state index is 9.12. The van der Waals surface area contributed by atoms with E-state index < -0.39 is 0 Å². The van der Waals surface area contributed by atoms with Gasteiger partial charge < -0.3 is 9.64 Å². The van der Waals surface area contributed by atoms with Crippen LogP contribution in [0.3, 0.4) is 0 Å². The molecule has 0 spiro atoms. The minimum atomic E-state index is 0.0378. The summed E-state index contributed by atoms with van der Waals surface area (Å²) >= 11 is 3.47. The Labute approximate surface area is 117 Å². The van der Waals surface area contributed by atoms with Gasteiger partial charge in [0.05, 0.1) is 23.6 Å². The van der Waals surface area contributed by atoms with Crippen molar-refractivity contribution in [3.8, 4) is 11.8 Å². The summed E-state index contributed by atoms with van der Waals surface area (Å²) in [6.07, 6.45) is 0. The second-order valence-corrected chi connectivity index (χ2v) is 5.53. The summed E-state index contributed by atoms with van der Waals surface area (Å²) in [5.74, 6) is 1.21.